The van der Waals surface area contributed by atoms with E-state index >= 15 is 0 Å². The molecule has 0 radical (unpaired) electrons. The summed E-state index contributed by atoms with van der Waals surface area (Å²) in [6.45, 7) is 0.0971. The van der Waals surface area contributed by atoms with Crippen LogP contribution in [0, 0.1) is 0 Å². The standard InChI is InChI=1S/C14H12Cl3NO2S/c1-21(19,20)18(12-7-5-11(15)6-8-12)9-10-3-2-4-13(16)14(10)17/h2-8H,9H2,1H3. The molecule has 0 aliphatic rings. The number of nitrogens with zero attached hydrogens (tertiary/aromatic N) is 1. The van der Waals surface area contributed by atoms with Gasteiger partial charge in [0.25, 0.3) is 0 Å². The van der Waals surface area contributed by atoms with Crippen LogP contribution in [0.15, 0.2) is 42.5 Å². The van der Waals surface area contributed by atoms with Gasteiger partial charge in [-0.3, -0.25) is 4.31 Å². The van der Waals surface area contributed by atoms with Crippen LogP contribution in [0.4, 0.5) is 5.69 Å². The Bertz CT molecular complexity index is 745. The molecule has 0 fully saturated rings. The molecule has 0 saturated carbocycles. The average molecular weight is 365 g/mol. The lowest BCUT2D eigenvalue weighted by atomic mass is 10.2. The van der Waals surface area contributed by atoms with E-state index in [1.54, 1.807) is 42.5 Å². The number of benzene rings is 2. The largest absolute Gasteiger partial charge is 0.266 e. The van der Waals surface area contributed by atoms with Gasteiger partial charge in [0.05, 0.1) is 28.5 Å². The molecule has 0 aliphatic heterocycles. The summed E-state index contributed by atoms with van der Waals surface area (Å²) in [5, 5.41) is 1.27. The topological polar surface area (TPSA) is 37.4 Å². The first-order valence-corrected chi connectivity index (χ1v) is 8.93. The van der Waals surface area contributed by atoms with Crippen molar-refractivity contribution in [3.05, 3.63) is 63.1 Å². The highest BCUT2D eigenvalue weighted by atomic mass is 35.5. The minimum atomic E-state index is -3.47. The minimum Gasteiger partial charge on any atom is -0.266 e. The van der Waals surface area contributed by atoms with E-state index in [0.717, 1.165) is 6.26 Å². The van der Waals surface area contributed by atoms with E-state index in [9.17, 15) is 8.42 Å². The Hall–Kier alpha value is -0.940. The summed E-state index contributed by atoms with van der Waals surface area (Å²) < 4.78 is 25.3. The first kappa shape index (κ1) is 16.4. The van der Waals surface area contributed by atoms with Crippen LogP contribution in [0.1, 0.15) is 5.56 Å². The van der Waals surface area contributed by atoms with Gasteiger partial charge < -0.3 is 0 Å². The SMILES string of the molecule is CS(=O)(=O)N(Cc1cccc(Cl)c1Cl)c1ccc(Cl)cc1. The maximum atomic E-state index is 12.0. The number of anilines is 1. The van der Waals surface area contributed by atoms with Crippen molar-refractivity contribution in [3.8, 4) is 0 Å². The van der Waals surface area contributed by atoms with Crippen molar-refractivity contribution >= 4 is 50.5 Å². The van der Waals surface area contributed by atoms with Gasteiger partial charge in [-0.1, -0.05) is 46.9 Å². The number of hydrogen-bond acceptors (Lipinski definition) is 2. The van der Waals surface area contributed by atoms with Crippen LogP contribution in [-0.2, 0) is 16.6 Å². The average Bonchev–Trinajstić information content (AvgIpc) is 2.40. The van der Waals surface area contributed by atoms with Crippen LogP contribution in [0.3, 0.4) is 0 Å². The molecular weight excluding hydrogens is 353 g/mol. The highest BCUT2D eigenvalue weighted by molar-refractivity contribution is 7.92. The van der Waals surface area contributed by atoms with Crippen LogP contribution in [-0.4, -0.2) is 14.7 Å². The molecule has 0 N–H and O–H groups in total. The fourth-order valence-corrected chi connectivity index (χ4v) is 3.22. The summed E-state index contributed by atoms with van der Waals surface area (Å²) in [6, 6.07) is 11.7. The third-order valence-electron chi connectivity index (χ3n) is 2.86. The van der Waals surface area contributed by atoms with Gasteiger partial charge in [-0.05, 0) is 35.9 Å². The zero-order valence-electron chi connectivity index (χ0n) is 11.1. The highest BCUT2D eigenvalue weighted by Gasteiger charge is 2.19. The Morgan fingerprint density at radius 2 is 1.62 bits per heavy atom. The second kappa shape index (κ2) is 6.44. The number of halogens is 3. The fraction of sp³-hybridized carbons (Fsp3) is 0.143. The van der Waals surface area contributed by atoms with Crippen LogP contribution < -0.4 is 4.31 Å². The van der Waals surface area contributed by atoms with Gasteiger partial charge in [0, 0.05) is 5.02 Å². The lowest BCUT2D eigenvalue weighted by Crippen LogP contribution is -2.29. The van der Waals surface area contributed by atoms with Gasteiger partial charge >= 0.3 is 0 Å². The van der Waals surface area contributed by atoms with Crippen molar-refractivity contribution in [2.45, 2.75) is 6.54 Å². The Morgan fingerprint density at radius 1 is 1.00 bits per heavy atom. The predicted octanol–water partition coefficient (Wildman–Crippen LogP) is 4.61. The third-order valence-corrected chi connectivity index (χ3v) is 5.11. The lowest BCUT2D eigenvalue weighted by Gasteiger charge is -2.23. The van der Waals surface area contributed by atoms with Crippen molar-refractivity contribution in [1.29, 1.82) is 0 Å². The Labute approximate surface area is 139 Å². The van der Waals surface area contributed by atoms with Crippen LogP contribution in [0.5, 0.6) is 0 Å². The molecule has 3 nitrogen and oxygen atoms in total. The maximum absolute atomic E-state index is 12.0. The molecule has 2 aromatic carbocycles. The van der Waals surface area contributed by atoms with Gasteiger partial charge in [0.1, 0.15) is 0 Å². The molecular formula is C14H12Cl3NO2S. The Kier molecular flexibility index (Phi) is 5.04. The smallest absolute Gasteiger partial charge is 0.232 e. The molecule has 0 aromatic heterocycles. The lowest BCUT2D eigenvalue weighted by molar-refractivity contribution is 0.596. The second-order valence-electron chi connectivity index (χ2n) is 4.46. The number of sulfonamides is 1. The van der Waals surface area contributed by atoms with E-state index in [1.807, 2.05) is 0 Å². The Morgan fingerprint density at radius 3 is 2.19 bits per heavy atom. The van der Waals surface area contributed by atoms with E-state index in [4.69, 9.17) is 34.8 Å². The van der Waals surface area contributed by atoms with Gasteiger partial charge in [-0.15, -0.1) is 0 Å². The number of rotatable bonds is 4. The highest BCUT2D eigenvalue weighted by Crippen LogP contribution is 2.29. The van der Waals surface area contributed by atoms with Crippen LogP contribution >= 0.6 is 34.8 Å². The van der Waals surface area contributed by atoms with E-state index in [2.05, 4.69) is 0 Å². The van der Waals surface area contributed by atoms with E-state index < -0.39 is 10.0 Å². The van der Waals surface area contributed by atoms with Gasteiger partial charge in [-0.2, -0.15) is 0 Å². The van der Waals surface area contributed by atoms with E-state index in [0.29, 0.717) is 26.3 Å². The second-order valence-corrected chi connectivity index (χ2v) is 7.59. The monoisotopic (exact) mass is 363 g/mol. The fourth-order valence-electron chi connectivity index (χ4n) is 1.83. The zero-order chi connectivity index (χ0) is 15.6. The maximum Gasteiger partial charge on any atom is 0.232 e. The normalized spacial score (nSPS) is 11.4. The summed E-state index contributed by atoms with van der Waals surface area (Å²) in [7, 11) is -3.47. The molecule has 112 valence electrons. The molecule has 21 heavy (non-hydrogen) atoms. The minimum absolute atomic E-state index is 0.0971. The molecule has 0 amide bonds. The molecule has 2 rings (SSSR count). The van der Waals surface area contributed by atoms with Crippen molar-refractivity contribution in [2.75, 3.05) is 10.6 Å². The summed E-state index contributed by atoms with van der Waals surface area (Å²) in [4.78, 5) is 0. The van der Waals surface area contributed by atoms with Gasteiger partial charge in [0.2, 0.25) is 10.0 Å². The molecule has 0 unspecified atom stereocenters. The summed E-state index contributed by atoms with van der Waals surface area (Å²) in [5.74, 6) is 0. The first-order chi connectivity index (χ1) is 9.79. The molecule has 0 heterocycles. The molecule has 7 heteroatoms. The quantitative estimate of drug-likeness (QED) is 0.794. The molecule has 0 saturated heterocycles. The molecule has 0 bridgehead atoms. The zero-order valence-corrected chi connectivity index (χ0v) is 14.1. The van der Waals surface area contributed by atoms with Crippen molar-refractivity contribution in [3.63, 3.8) is 0 Å². The molecule has 0 aliphatic carbocycles. The van der Waals surface area contributed by atoms with E-state index in [1.165, 1.54) is 4.31 Å². The predicted molar refractivity (Wildman–Crippen MR) is 88.9 cm³/mol. The van der Waals surface area contributed by atoms with Crippen LogP contribution in [0.2, 0.25) is 15.1 Å². The van der Waals surface area contributed by atoms with Gasteiger partial charge in [0.15, 0.2) is 0 Å². The van der Waals surface area contributed by atoms with Crippen LogP contribution in [0.25, 0.3) is 0 Å². The first-order valence-electron chi connectivity index (χ1n) is 5.95. The molecule has 2 aromatic rings. The molecule has 0 atom stereocenters. The van der Waals surface area contributed by atoms with Crippen molar-refractivity contribution < 1.29 is 8.42 Å². The summed E-state index contributed by atoms with van der Waals surface area (Å²) >= 11 is 17.9. The van der Waals surface area contributed by atoms with Crippen molar-refractivity contribution in [1.82, 2.24) is 0 Å². The van der Waals surface area contributed by atoms with E-state index in [-0.39, 0.29) is 6.54 Å². The summed E-state index contributed by atoms with van der Waals surface area (Å²) in [5.41, 5.74) is 1.14. The number of hydrogen-bond donors (Lipinski definition) is 0. The molecule has 0 spiro atoms. The Balaban J connectivity index is 2.43. The third kappa shape index (κ3) is 4.04. The summed E-state index contributed by atoms with van der Waals surface area (Å²) in [6.07, 6.45) is 1.14. The van der Waals surface area contributed by atoms with Crippen molar-refractivity contribution in [2.24, 2.45) is 0 Å². The van der Waals surface area contributed by atoms with Gasteiger partial charge in [-0.25, -0.2) is 8.42 Å².